The van der Waals surface area contributed by atoms with Crippen molar-refractivity contribution in [3.05, 3.63) is 29.6 Å². The number of fused-ring (bicyclic) bond motifs is 1. The standard InChI is InChI=1S/C16H17N3/c1-3-11-4-5-12-13(8-11)18-15(17-12)14-9-16(6-7-16)10-19(14)2/h1,4-5,8,14H,6-7,9-10H2,2H3,(H,17,18)/t14-/m0/s1. The predicted molar refractivity (Wildman–Crippen MR) is 75.7 cm³/mol. The quantitative estimate of drug-likeness (QED) is 0.790. The third-order valence-corrected chi connectivity index (χ3v) is 4.68. The summed E-state index contributed by atoms with van der Waals surface area (Å²) in [6.45, 7) is 1.21. The van der Waals surface area contributed by atoms with Gasteiger partial charge < -0.3 is 4.98 Å². The van der Waals surface area contributed by atoms with Crippen molar-refractivity contribution in [2.45, 2.75) is 25.3 Å². The van der Waals surface area contributed by atoms with E-state index in [1.54, 1.807) is 0 Å². The van der Waals surface area contributed by atoms with E-state index in [0.717, 1.165) is 22.4 Å². The van der Waals surface area contributed by atoms with Gasteiger partial charge in [-0.25, -0.2) is 4.98 Å². The topological polar surface area (TPSA) is 31.9 Å². The maximum Gasteiger partial charge on any atom is 0.124 e. The minimum absolute atomic E-state index is 0.434. The SMILES string of the molecule is C#Cc1ccc2nc([C@@H]3CC4(CC4)CN3C)[nH]c2c1. The lowest BCUT2D eigenvalue weighted by molar-refractivity contribution is 0.303. The molecule has 1 saturated carbocycles. The van der Waals surface area contributed by atoms with Gasteiger partial charge in [-0.15, -0.1) is 6.42 Å². The summed E-state index contributed by atoms with van der Waals surface area (Å²) < 4.78 is 0. The highest BCUT2D eigenvalue weighted by molar-refractivity contribution is 5.77. The van der Waals surface area contributed by atoms with Crippen LogP contribution in [-0.2, 0) is 0 Å². The highest BCUT2D eigenvalue weighted by atomic mass is 15.2. The molecule has 1 aliphatic heterocycles. The first-order valence-corrected chi connectivity index (χ1v) is 6.86. The molecule has 0 radical (unpaired) electrons. The number of rotatable bonds is 1. The average Bonchev–Trinajstić information content (AvgIpc) is 2.90. The Hall–Kier alpha value is -1.79. The lowest BCUT2D eigenvalue weighted by Crippen LogP contribution is -2.19. The number of aromatic nitrogens is 2. The van der Waals surface area contributed by atoms with E-state index in [2.05, 4.69) is 22.9 Å². The number of benzene rings is 1. The molecule has 1 N–H and O–H groups in total. The monoisotopic (exact) mass is 251 g/mol. The van der Waals surface area contributed by atoms with Gasteiger partial charge in [-0.2, -0.15) is 0 Å². The van der Waals surface area contributed by atoms with Crippen molar-refractivity contribution in [3.8, 4) is 12.3 Å². The first-order chi connectivity index (χ1) is 9.19. The number of nitrogens with zero attached hydrogens (tertiary/aromatic N) is 2. The smallest absolute Gasteiger partial charge is 0.124 e. The lowest BCUT2D eigenvalue weighted by Gasteiger charge is -2.16. The highest BCUT2D eigenvalue weighted by Crippen LogP contribution is 2.57. The summed E-state index contributed by atoms with van der Waals surface area (Å²) in [6.07, 6.45) is 9.45. The average molecular weight is 251 g/mol. The van der Waals surface area contributed by atoms with Crippen molar-refractivity contribution in [3.63, 3.8) is 0 Å². The second-order valence-corrected chi connectivity index (χ2v) is 6.13. The Morgan fingerprint density at radius 2 is 2.32 bits per heavy atom. The zero-order valence-electron chi connectivity index (χ0n) is 11.1. The van der Waals surface area contributed by atoms with Crippen molar-refractivity contribution in [2.75, 3.05) is 13.6 Å². The molecule has 1 aromatic carbocycles. The second kappa shape index (κ2) is 3.61. The number of hydrogen-bond acceptors (Lipinski definition) is 2. The number of imidazole rings is 1. The molecular formula is C16H17N3. The van der Waals surface area contributed by atoms with E-state index in [1.807, 2.05) is 18.2 Å². The molecule has 2 aromatic rings. The van der Waals surface area contributed by atoms with Crippen LogP contribution in [0.2, 0.25) is 0 Å². The Morgan fingerprint density at radius 3 is 3.00 bits per heavy atom. The van der Waals surface area contributed by atoms with Crippen molar-refractivity contribution in [1.29, 1.82) is 0 Å². The van der Waals surface area contributed by atoms with Crippen LogP contribution in [0.3, 0.4) is 0 Å². The number of terminal acetylenes is 1. The first-order valence-electron chi connectivity index (χ1n) is 6.86. The highest BCUT2D eigenvalue weighted by Gasteiger charge is 2.51. The molecule has 1 atom stereocenters. The van der Waals surface area contributed by atoms with E-state index < -0.39 is 0 Å². The molecule has 3 heteroatoms. The van der Waals surface area contributed by atoms with E-state index in [9.17, 15) is 0 Å². The normalized spacial score (nSPS) is 24.9. The minimum Gasteiger partial charge on any atom is -0.341 e. The van der Waals surface area contributed by atoms with Crippen LogP contribution < -0.4 is 0 Å². The van der Waals surface area contributed by atoms with Crippen LogP contribution >= 0.6 is 0 Å². The van der Waals surface area contributed by atoms with E-state index in [-0.39, 0.29) is 0 Å². The van der Waals surface area contributed by atoms with Crippen molar-refractivity contribution in [2.24, 2.45) is 5.41 Å². The van der Waals surface area contributed by atoms with Gasteiger partial charge in [0.2, 0.25) is 0 Å². The molecule has 0 bridgehead atoms. The molecule has 0 amide bonds. The summed E-state index contributed by atoms with van der Waals surface area (Å²) in [5, 5.41) is 0. The Kier molecular flexibility index (Phi) is 2.11. The number of H-pyrrole nitrogens is 1. The number of aromatic amines is 1. The van der Waals surface area contributed by atoms with Crippen LogP contribution in [0.4, 0.5) is 0 Å². The van der Waals surface area contributed by atoms with E-state index >= 15 is 0 Å². The Labute approximate surface area is 113 Å². The zero-order valence-corrected chi connectivity index (χ0v) is 11.1. The van der Waals surface area contributed by atoms with E-state index in [4.69, 9.17) is 11.4 Å². The first kappa shape index (κ1) is 11.1. The van der Waals surface area contributed by atoms with Crippen molar-refractivity contribution < 1.29 is 0 Å². The van der Waals surface area contributed by atoms with Gasteiger partial charge >= 0.3 is 0 Å². The van der Waals surface area contributed by atoms with Gasteiger partial charge in [0.25, 0.3) is 0 Å². The van der Waals surface area contributed by atoms with Crippen LogP contribution in [0, 0.1) is 17.8 Å². The summed E-state index contributed by atoms with van der Waals surface area (Å²) in [7, 11) is 2.21. The molecule has 2 heterocycles. The largest absolute Gasteiger partial charge is 0.341 e. The molecule has 4 rings (SSSR count). The fourth-order valence-electron chi connectivity index (χ4n) is 3.39. The lowest BCUT2D eigenvalue weighted by atomic mass is 10.0. The summed E-state index contributed by atoms with van der Waals surface area (Å²) in [6, 6.07) is 6.40. The third kappa shape index (κ3) is 1.67. The van der Waals surface area contributed by atoms with Gasteiger partial charge in [0.1, 0.15) is 5.82 Å². The number of likely N-dealkylation sites (tertiary alicyclic amines) is 1. The molecule has 0 unspecified atom stereocenters. The fourth-order valence-corrected chi connectivity index (χ4v) is 3.39. The molecule has 19 heavy (non-hydrogen) atoms. The van der Waals surface area contributed by atoms with Crippen molar-refractivity contribution >= 4 is 11.0 Å². The minimum atomic E-state index is 0.434. The predicted octanol–water partition coefficient (Wildman–Crippen LogP) is 2.70. The fraction of sp³-hybridized carbons (Fsp3) is 0.438. The van der Waals surface area contributed by atoms with E-state index in [1.165, 1.54) is 25.8 Å². The van der Waals surface area contributed by atoms with Gasteiger partial charge in [-0.3, -0.25) is 4.90 Å². The Bertz CT molecular complexity index is 688. The molecule has 1 spiro atoms. The number of hydrogen-bond donors (Lipinski definition) is 1. The molecule has 96 valence electrons. The maximum absolute atomic E-state index is 5.44. The molecular weight excluding hydrogens is 234 g/mol. The van der Waals surface area contributed by atoms with Gasteiger partial charge in [0, 0.05) is 12.1 Å². The van der Waals surface area contributed by atoms with E-state index in [0.29, 0.717) is 11.5 Å². The molecule has 2 fully saturated rings. The molecule has 1 aliphatic carbocycles. The van der Waals surface area contributed by atoms with Gasteiger partial charge in [0.15, 0.2) is 0 Å². The van der Waals surface area contributed by atoms with Crippen molar-refractivity contribution in [1.82, 2.24) is 14.9 Å². The molecule has 1 saturated heterocycles. The van der Waals surface area contributed by atoms with Crippen LogP contribution in [-0.4, -0.2) is 28.5 Å². The summed E-state index contributed by atoms with van der Waals surface area (Å²) >= 11 is 0. The van der Waals surface area contributed by atoms with Crippen LogP contribution in [0.15, 0.2) is 18.2 Å². The Morgan fingerprint density at radius 1 is 1.47 bits per heavy atom. The number of nitrogens with one attached hydrogen (secondary N) is 1. The van der Waals surface area contributed by atoms with Gasteiger partial charge in [0.05, 0.1) is 17.1 Å². The zero-order chi connectivity index (χ0) is 13.0. The van der Waals surface area contributed by atoms with Gasteiger partial charge in [-0.05, 0) is 49.9 Å². The molecule has 1 aromatic heterocycles. The summed E-state index contributed by atoms with van der Waals surface area (Å²) in [5.74, 6) is 3.76. The Balaban J connectivity index is 1.73. The maximum atomic E-state index is 5.44. The summed E-state index contributed by atoms with van der Waals surface area (Å²) in [4.78, 5) is 10.6. The van der Waals surface area contributed by atoms with Crippen LogP contribution in [0.1, 0.15) is 36.7 Å². The summed E-state index contributed by atoms with van der Waals surface area (Å²) in [5.41, 5.74) is 3.57. The molecule has 2 aliphatic rings. The van der Waals surface area contributed by atoms with Crippen LogP contribution in [0.5, 0.6) is 0 Å². The third-order valence-electron chi connectivity index (χ3n) is 4.68. The van der Waals surface area contributed by atoms with Crippen LogP contribution in [0.25, 0.3) is 11.0 Å². The molecule has 3 nitrogen and oxygen atoms in total. The van der Waals surface area contributed by atoms with Gasteiger partial charge in [-0.1, -0.05) is 5.92 Å². The second-order valence-electron chi connectivity index (χ2n) is 6.13.